The van der Waals surface area contributed by atoms with Gasteiger partial charge < -0.3 is 25.2 Å². The molecule has 0 aliphatic rings. The summed E-state index contributed by atoms with van der Waals surface area (Å²) in [6.07, 6.45) is -0.678. The average molecular weight is 725 g/mol. The Bertz CT molecular complexity index is 1940. The van der Waals surface area contributed by atoms with E-state index < -0.39 is 37.3 Å². The van der Waals surface area contributed by atoms with Crippen LogP contribution < -0.4 is 15.4 Å². The van der Waals surface area contributed by atoms with Crippen LogP contribution in [0.2, 0.25) is 0 Å². The predicted octanol–water partition coefficient (Wildman–Crippen LogP) is 8.54. The number of ether oxygens (including phenoxy) is 2. The van der Waals surface area contributed by atoms with Crippen LogP contribution in [0, 0.1) is 0 Å². The van der Waals surface area contributed by atoms with E-state index in [-0.39, 0.29) is 17.9 Å². The molecule has 0 aromatic heterocycles. The fraction of sp³-hybridized carbons (Fsp3) is 0.200. The largest absolute Gasteiger partial charge is 0.478 e. The van der Waals surface area contributed by atoms with E-state index in [9.17, 15) is 23.1 Å². The van der Waals surface area contributed by atoms with Gasteiger partial charge in [-0.1, -0.05) is 103 Å². The second-order valence-electron chi connectivity index (χ2n) is 12.7. The molecule has 5 aromatic rings. The van der Waals surface area contributed by atoms with Crippen LogP contribution in [0.3, 0.4) is 0 Å². The molecule has 0 bridgehead atoms. The number of nitrogens with one attached hydrogen (secondary N) is 2. The molecule has 9 nitrogen and oxygen atoms in total. The zero-order chi connectivity index (χ0) is 36.5. The quantitative estimate of drug-likeness (QED) is 0.0762. The summed E-state index contributed by atoms with van der Waals surface area (Å²) < 4.78 is 39.8. The fourth-order valence-electron chi connectivity index (χ4n) is 5.58. The van der Waals surface area contributed by atoms with Crippen molar-refractivity contribution in [2.45, 2.75) is 37.2 Å². The molecule has 1 amide bonds. The maximum atomic E-state index is 15.0. The number of hydrogen-bond donors (Lipinski definition) is 3. The van der Waals surface area contributed by atoms with E-state index >= 15 is 0 Å². The molecule has 51 heavy (non-hydrogen) atoms. The number of hydrogen-bond acceptors (Lipinski definition) is 8. The number of carbonyl (C=O) groups is 2. The van der Waals surface area contributed by atoms with Crippen molar-refractivity contribution < 1.29 is 32.6 Å². The molecular formula is C40H40N2O7S2. The summed E-state index contributed by atoms with van der Waals surface area (Å²) in [5.41, 5.74) is 1.74. The second-order valence-corrected chi connectivity index (χ2v) is 16.8. The topological polar surface area (TPSA) is 131 Å². The Morgan fingerprint density at radius 1 is 0.725 bits per heavy atom. The maximum Gasteiger partial charge on any atom is 0.407 e. The van der Waals surface area contributed by atoms with Crippen LogP contribution in [0.15, 0.2) is 140 Å². The first kappa shape index (κ1) is 37.0. The summed E-state index contributed by atoms with van der Waals surface area (Å²) in [6, 6.07) is 40.0. The first-order valence-electron chi connectivity index (χ1n) is 16.3. The van der Waals surface area contributed by atoms with E-state index in [1.807, 2.05) is 91.0 Å². The van der Waals surface area contributed by atoms with Crippen LogP contribution in [0.4, 0.5) is 10.5 Å². The molecule has 0 saturated heterocycles. The Hall–Kier alpha value is -5.26. The molecule has 0 radical (unpaired) electrons. The van der Waals surface area contributed by atoms with Crippen LogP contribution in [-0.4, -0.2) is 49.5 Å². The van der Waals surface area contributed by atoms with E-state index in [0.29, 0.717) is 33.9 Å². The van der Waals surface area contributed by atoms with Crippen LogP contribution in [0.25, 0.3) is 0 Å². The first-order valence-corrected chi connectivity index (χ1v) is 19.3. The minimum Gasteiger partial charge on any atom is -0.478 e. The predicted molar refractivity (Wildman–Crippen MR) is 202 cm³/mol. The van der Waals surface area contributed by atoms with E-state index in [1.54, 1.807) is 57.2 Å². The molecule has 264 valence electrons. The zero-order valence-corrected chi connectivity index (χ0v) is 30.1. The summed E-state index contributed by atoms with van der Waals surface area (Å²) >= 11 is 0. The summed E-state index contributed by atoms with van der Waals surface area (Å²) in [4.78, 5) is 24.4. The average Bonchev–Trinajstić information content (AvgIpc) is 3.10. The third-order valence-electron chi connectivity index (χ3n) is 7.76. The van der Waals surface area contributed by atoms with Crippen molar-refractivity contribution in [3.05, 3.63) is 162 Å². The minimum atomic E-state index is -4.11. The van der Waals surface area contributed by atoms with Gasteiger partial charge in [-0.05, 0) is 78.6 Å². The molecule has 5 aromatic carbocycles. The van der Waals surface area contributed by atoms with Crippen molar-refractivity contribution in [2.24, 2.45) is 0 Å². The van der Waals surface area contributed by atoms with Gasteiger partial charge in [-0.3, -0.25) is 0 Å². The smallest absolute Gasteiger partial charge is 0.407 e. The number of carboxylic acid groups (broad SMARTS) is 1. The fourth-order valence-corrected chi connectivity index (χ4v) is 10.00. The van der Waals surface area contributed by atoms with Crippen molar-refractivity contribution in [1.29, 1.82) is 0 Å². The standard InChI is InChI=1S/C40H40N2O7S2/c1-39(2,3)49-38(45)42-34(27-41-33-22-14-24-36(26-33)48-35-23-13-15-29(25-35)37(43)44)28-50-51(46,47)40(30-16-7-4-8-17-30,31-18-9-5-10-19-31)32-20-11-6-12-21-32/h4-26,34,41H,27-28H2,1-3H3,(H,42,45)(H,43,44)/t34-/m1/s1. The summed E-state index contributed by atoms with van der Waals surface area (Å²) in [5, 5.41) is 15.5. The highest BCUT2D eigenvalue weighted by molar-refractivity contribution is 8.72. The SMILES string of the molecule is CC(C)(C)OC(=O)N[C@H](CNc1cccc(Oc2cccc(C(=O)O)c2)c1)CSS(=O)(=O)C(c1ccccc1)(c1ccccc1)c1ccccc1. The van der Waals surface area contributed by atoms with Gasteiger partial charge >= 0.3 is 12.1 Å². The molecule has 0 aliphatic heterocycles. The molecule has 5 rings (SSSR count). The van der Waals surface area contributed by atoms with Gasteiger partial charge in [0.2, 0.25) is 8.87 Å². The highest BCUT2D eigenvalue weighted by atomic mass is 33.1. The zero-order valence-electron chi connectivity index (χ0n) is 28.5. The van der Waals surface area contributed by atoms with Gasteiger partial charge in [-0.25, -0.2) is 18.0 Å². The van der Waals surface area contributed by atoms with Gasteiger partial charge in [0.25, 0.3) is 0 Å². The number of rotatable bonds is 14. The number of anilines is 1. The maximum absolute atomic E-state index is 15.0. The number of alkyl carbamates (subject to hydrolysis) is 1. The van der Waals surface area contributed by atoms with E-state index in [4.69, 9.17) is 9.47 Å². The van der Waals surface area contributed by atoms with Gasteiger partial charge in [0.15, 0.2) is 4.75 Å². The third kappa shape index (κ3) is 9.30. The molecule has 0 saturated carbocycles. The number of carbonyl (C=O) groups excluding carboxylic acids is 1. The lowest BCUT2D eigenvalue weighted by Gasteiger charge is -2.35. The van der Waals surface area contributed by atoms with Crippen molar-refractivity contribution in [1.82, 2.24) is 5.32 Å². The van der Waals surface area contributed by atoms with Gasteiger partial charge in [0.05, 0.1) is 11.6 Å². The molecule has 0 fully saturated rings. The van der Waals surface area contributed by atoms with E-state index in [0.717, 1.165) is 10.8 Å². The molecule has 0 unspecified atom stereocenters. The third-order valence-corrected chi connectivity index (χ3v) is 12.2. The molecule has 0 heterocycles. The lowest BCUT2D eigenvalue weighted by molar-refractivity contribution is 0.0511. The number of amides is 1. The van der Waals surface area contributed by atoms with Crippen LogP contribution in [0.5, 0.6) is 11.5 Å². The second kappa shape index (κ2) is 16.2. The number of aromatic carboxylic acids is 1. The van der Waals surface area contributed by atoms with Crippen molar-refractivity contribution in [3.63, 3.8) is 0 Å². The van der Waals surface area contributed by atoms with Crippen molar-refractivity contribution in [2.75, 3.05) is 17.6 Å². The molecule has 0 spiro atoms. The lowest BCUT2D eigenvalue weighted by Crippen LogP contribution is -2.45. The Kier molecular flexibility index (Phi) is 11.7. The Labute approximate surface area is 302 Å². The molecule has 0 aliphatic carbocycles. The van der Waals surface area contributed by atoms with Crippen LogP contribution in [0.1, 0.15) is 47.8 Å². The van der Waals surface area contributed by atoms with Gasteiger partial charge in [0.1, 0.15) is 17.1 Å². The molecule has 11 heteroatoms. The van der Waals surface area contributed by atoms with Gasteiger partial charge in [-0.15, -0.1) is 0 Å². The van der Waals surface area contributed by atoms with Gasteiger partial charge in [0, 0.05) is 24.1 Å². The number of benzene rings is 5. The lowest BCUT2D eigenvalue weighted by atomic mass is 9.84. The van der Waals surface area contributed by atoms with Gasteiger partial charge in [-0.2, -0.15) is 0 Å². The van der Waals surface area contributed by atoms with Crippen LogP contribution >= 0.6 is 10.8 Å². The Morgan fingerprint density at radius 3 is 1.75 bits per heavy atom. The Balaban J connectivity index is 1.44. The molecular weight excluding hydrogens is 685 g/mol. The monoisotopic (exact) mass is 724 g/mol. The summed E-state index contributed by atoms with van der Waals surface area (Å²) in [5.74, 6) is -0.264. The summed E-state index contributed by atoms with van der Waals surface area (Å²) in [7, 11) is -3.34. The van der Waals surface area contributed by atoms with E-state index in [1.165, 1.54) is 12.1 Å². The Morgan fingerprint density at radius 2 is 1.24 bits per heavy atom. The normalized spacial score (nSPS) is 12.4. The van der Waals surface area contributed by atoms with E-state index in [2.05, 4.69) is 10.6 Å². The minimum absolute atomic E-state index is 0.0129. The highest BCUT2D eigenvalue weighted by Gasteiger charge is 2.49. The molecule has 3 N–H and O–H groups in total. The van der Waals surface area contributed by atoms with Crippen molar-refractivity contribution >= 4 is 37.4 Å². The summed E-state index contributed by atoms with van der Waals surface area (Å²) in [6.45, 7) is 5.41. The first-order chi connectivity index (χ1) is 24.4. The highest BCUT2D eigenvalue weighted by Crippen LogP contribution is 2.48. The van der Waals surface area contributed by atoms with Crippen LogP contribution in [-0.2, 0) is 18.4 Å². The molecule has 1 atom stereocenters. The number of carboxylic acids is 1. The van der Waals surface area contributed by atoms with Crippen molar-refractivity contribution in [3.8, 4) is 11.5 Å².